The number of nitrogens with one attached hydrogen (secondary N) is 1. The standard InChI is InChI=1S/C23H19ClN2O2/c24-19-12-6-4-11-18(19)15-25-22(27)21-14-17-10-5-7-13-20(17)26(21)23(28)16-8-2-1-3-9-16/h1-13,21H,14-15H2,(H,25,27). The number of para-hydroxylation sites is 1. The van der Waals surface area contributed by atoms with Gasteiger partial charge in [-0.3, -0.25) is 14.5 Å². The number of fused-ring (bicyclic) bond motifs is 1. The Labute approximate surface area is 168 Å². The molecule has 0 saturated heterocycles. The SMILES string of the molecule is O=C(NCc1ccccc1Cl)C1Cc2ccccc2N1C(=O)c1ccccc1. The highest BCUT2D eigenvalue weighted by molar-refractivity contribution is 6.31. The monoisotopic (exact) mass is 390 g/mol. The van der Waals surface area contributed by atoms with E-state index in [0.717, 1.165) is 16.8 Å². The van der Waals surface area contributed by atoms with E-state index in [9.17, 15) is 9.59 Å². The molecule has 0 saturated carbocycles. The summed E-state index contributed by atoms with van der Waals surface area (Å²) in [5.74, 6) is -0.371. The second-order valence-corrected chi connectivity index (χ2v) is 7.11. The highest BCUT2D eigenvalue weighted by atomic mass is 35.5. The molecule has 3 aromatic carbocycles. The maximum Gasteiger partial charge on any atom is 0.259 e. The van der Waals surface area contributed by atoms with Crippen LogP contribution in [0.25, 0.3) is 0 Å². The molecule has 4 rings (SSSR count). The summed E-state index contributed by atoms with van der Waals surface area (Å²) in [5, 5.41) is 3.54. The molecular weight excluding hydrogens is 372 g/mol. The van der Waals surface area contributed by atoms with E-state index < -0.39 is 6.04 Å². The van der Waals surface area contributed by atoms with E-state index in [1.165, 1.54) is 0 Å². The third-order valence-electron chi connectivity index (χ3n) is 4.93. The first-order valence-electron chi connectivity index (χ1n) is 9.13. The minimum Gasteiger partial charge on any atom is -0.350 e. The molecule has 4 nitrogen and oxygen atoms in total. The van der Waals surface area contributed by atoms with E-state index in [0.29, 0.717) is 23.6 Å². The second-order valence-electron chi connectivity index (χ2n) is 6.70. The van der Waals surface area contributed by atoms with Crippen molar-refractivity contribution in [1.29, 1.82) is 0 Å². The molecule has 0 spiro atoms. The number of benzene rings is 3. The van der Waals surface area contributed by atoms with Crippen LogP contribution in [0.1, 0.15) is 21.5 Å². The van der Waals surface area contributed by atoms with Crippen LogP contribution in [0.5, 0.6) is 0 Å². The Bertz CT molecular complexity index is 1020. The van der Waals surface area contributed by atoms with Gasteiger partial charge in [0.05, 0.1) is 0 Å². The summed E-state index contributed by atoms with van der Waals surface area (Å²) < 4.78 is 0. The van der Waals surface area contributed by atoms with Crippen molar-refractivity contribution in [3.05, 3.63) is 101 Å². The summed E-state index contributed by atoms with van der Waals surface area (Å²) in [6.07, 6.45) is 0.489. The molecule has 0 bridgehead atoms. The summed E-state index contributed by atoms with van der Waals surface area (Å²) in [6, 6.07) is 23.5. The molecule has 0 aromatic heterocycles. The number of carbonyl (C=O) groups excluding carboxylic acids is 2. The quantitative estimate of drug-likeness (QED) is 0.724. The van der Waals surface area contributed by atoms with Crippen molar-refractivity contribution in [1.82, 2.24) is 5.32 Å². The molecular formula is C23H19ClN2O2. The predicted octanol–water partition coefficient (Wildman–Crippen LogP) is 4.23. The van der Waals surface area contributed by atoms with Crippen LogP contribution in [0.4, 0.5) is 5.69 Å². The van der Waals surface area contributed by atoms with Gasteiger partial charge in [-0.05, 0) is 35.4 Å². The molecule has 1 unspecified atom stereocenters. The fourth-order valence-electron chi connectivity index (χ4n) is 3.51. The van der Waals surface area contributed by atoms with Gasteiger partial charge >= 0.3 is 0 Å². The molecule has 1 heterocycles. The van der Waals surface area contributed by atoms with Crippen molar-refractivity contribution in [3.63, 3.8) is 0 Å². The zero-order valence-electron chi connectivity index (χ0n) is 15.1. The maximum absolute atomic E-state index is 13.2. The van der Waals surface area contributed by atoms with Gasteiger partial charge in [-0.15, -0.1) is 0 Å². The summed E-state index contributed by atoms with van der Waals surface area (Å²) in [5.41, 5.74) is 3.18. The van der Waals surface area contributed by atoms with Crippen LogP contribution in [-0.4, -0.2) is 17.9 Å². The molecule has 1 aliphatic heterocycles. The van der Waals surface area contributed by atoms with Crippen LogP contribution in [0.2, 0.25) is 5.02 Å². The first-order chi connectivity index (χ1) is 13.6. The summed E-state index contributed by atoms with van der Waals surface area (Å²) >= 11 is 6.18. The molecule has 5 heteroatoms. The molecule has 0 radical (unpaired) electrons. The van der Waals surface area contributed by atoms with Crippen LogP contribution in [0.15, 0.2) is 78.9 Å². The van der Waals surface area contributed by atoms with Crippen molar-refractivity contribution < 1.29 is 9.59 Å². The Morgan fingerprint density at radius 3 is 2.39 bits per heavy atom. The summed E-state index contributed by atoms with van der Waals surface area (Å²) in [6.45, 7) is 0.318. The summed E-state index contributed by atoms with van der Waals surface area (Å²) in [4.78, 5) is 27.8. The van der Waals surface area contributed by atoms with Gasteiger partial charge in [0.2, 0.25) is 5.91 Å². The average molecular weight is 391 g/mol. The molecule has 1 atom stereocenters. The number of rotatable bonds is 4. The van der Waals surface area contributed by atoms with Gasteiger partial charge in [0.1, 0.15) is 6.04 Å². The van der Waals surface area contributed by atoms with Crippen LogP contribution in [-0.2, 0) is 17.8 Å². The minimum atomic E-state index is -0.590. The lowest BCUT2D eigenvalue weighted by Gasteiger charge is -2.25. The van der Waals surface area contributed by atoms with Gasteiger partial charge in [-0.25, -0.2) is 0 Å². The Morgan fingerprint density at radius 1 is 0.929 bits per heavy atom. The molecule has 28 heavy (non-hydrogen) atoms. The van der Waals surface area contributed by atoms with Gasteiger partial charge in [-0.1, -0.05) is 66.2 Å². The fourth-order valence-corrected chi connectivity index (χ4v) is 3.71. The normalized spacial score (nSPS) is 15.2. The zero-order valence-corrected chi connectivity index (χ0v) is 15.9. The molecule has 3 aromatic rings. The van der Waals surface area contributed by atoms with E-state index in [1.807, 2.05) is 60.7 Å². The lowest BCUT2D eigenvalue weighted by molar-refractivity contribution is -0.122. The van der Waals surface area contributed by atoms with Crippen molar-refractivity contribution >= 4 is 29.1 Å². The number of halogens is 1. The fraction of sp³-hybridized carbons (Fsp3) is 0.130. The molecule has 0 aliphatic carbocycles. The molecule has 2 amide bonds. The zero-order chi connectivity index (χ0) is 19.5. The Hall–Kier alpha value is -3.11. The van der Waals surface area contributed by atoms with Crippen LogP contribution in [0.3, 0.4) is 0 Å². The van der Waals surface area contributed by atoms with E-state index in [1.54, 1.807) is 23.1 Å². The minimum absolute atomic E-state index is 0.177. The van der Waals surface area contributed by atoms with E-state index in [-0.39, 0.29) is 11.8 Å². The van der Waals surface area contributed by atoms with Crippen LogP contribution in [0, 0.1) is 0 Å². The Morgan fingerprint density at radius 2 is 1.61 bits per heavy atom. The number of hydrogen-bond donors (Lipinski definition) is 1. The number of hydrogen-bond acceptors (Lipinski definition) is 2. The number of amides is 2. The third kappa shape index (κ3) is 3.51. The maximum atomic E-state index is 13.2. The predicted molar refractivity (Wildman–Crippen MR) is 110 cm³/mol. The molecule has 1 N–H and O–H groups in total. The number of carbonyl (C=O) groups is 2. The van der Waals surface area contributed by atoms with Crippen molar-refractivity contribution in [2.45, 2.75) is 19.0 Å². The van der Waals surface area contributed by atoms with Gasteiger partial charge in [0.25, 0.3) is 5.91 Å². The first kappa shape index (κ1) is 18.3. The van der Waals surface area contributed by atoms with Crippen molar-refractivity contribution in [2.24, 2.45) is 0 Å². The smallest absolute Gasteiger partial charge is 0.259 e. The van der Waals surface area contributed by atoms with E-state index >= 15 is 0 Å². The first-order valence-corrected chi connectivity index (χ1v) is 9.50. The highest BCUT2D eigenvalue weighted by Gasteiger charge is 2.38. The largest absolute Gasteiger partial charge is 0.350 e. The Balaban J connectivity index is 1.59. The van der Waals surface area contributed by atoms with Gasteiger partial charge in [-0.2, -0.15) is 0 Å². The number of nitrogens with zero attached hydrogens (tertiary/aromatic N) is 1. The lowest BCUT2D eigenvalue weighted by Crippen LogP contribution is -2.48. The van der Waals surface area contributed by atoms with Gasteiger partial charge in [0.15, 0.2) is 0 Å². The van der Waals surface area contributed by atoms with E-state index in [2.05, 4.69) is 5.32 Å². The Kier molecular flexibility index (Phi) is 5.13. The van der Waals surface area contributed by atoms with Crippen LogP contribution < -0.4 is 10.2 Å². The van der Waals surface area contributed by atoms with E-state index in [4.69, 9.17) is 11.6 Å². The number of anilines is 1. The topological polar surface area (TPSA) is 49.4 Å². The van der Waals surface area contributed by atoms with Crippen molar-refractivity contribution in [2.75, 3.05) is 4.90 Å². The highest BCUT2D eigenvalue weighted by Crippen LogP contribution is 2.33. The average Bonchev–Trinajstić information content (AvgIpc) is 3.13. The lowest BCUT2D eigenvalue weighted by atomic mass is 10.1. The third-order valence-corrected chi connectivity index (χ3v) is 5.30. The van der Waals surface area contributed by atoms with Crippen molar-refractivity contribution in [3.8, 4) is 0 Å². The molecule has 140 valence electrons. The van der Waals surface area contributed by atoms with Gasteiger partial charge in [0, 0.05) is 29.2 Å². The van der Waals surface area contributed by atoms with Crippen LogP contribution >= 0.6 is 11.6 Å². The van der Waals surface area contributed by atoms with Gasteiger partial charge < -0.3 is 5.32 Å². The molecule has 1 aliphatic rings. The summed E-state index contributed by atoms with van der Waals surface area (Å²) in [7, 11) is 0. The molecule has 0 fully saturated rings. The second kappa shape index (κ2) is 7.87.